The second-order valence-electron chi connectivity index (χ2n) is 7.19. The van der Waals surface area contributed by atoms with Crippen molar-refractivity contribution in [2.75, 3.05) is 26.2 Å². The number of amides is 2. The number of fused-ring (bicyclic) bond motifs is 1. The predicted octanol–water partition coefficient (Wildman–Crippen LogP) is 1.69. The SMILES string of the molecule is Cc1ccc(C(=O)N2CCCN(C(=O)C3CCCCn4nnnc43)CC2)s1. The topological polar surface area (TPSA) is 84.2 Å². The molecule has 4 rings (SSSR count). The van der Waals surface area contributed by atoms with E-state index in [1.54, 1.807) is 4.68 Å². The van der Waals surface area contributed by atoms with Crippen molar-refractivity contribution in [3.8, 4) is 0 Å². The molecule has 2 aliphatic heterocycles. The first-order valence-electron chi connectivity index (χ1n) is 9.54. The second-order valence-corrected chi connectivity index (χ2v) is 8.48. The molecule has 4 heterocycles. The van der Waals surface area contributed by atoms with Gasteiger partial charge < -0.3 is 9.80 Å². The van der Waals surface area contributed by atoms with Gasteiger partial charge in [0.15, 0.2) is 5.82 Å². The Kier molecular flexibility index (Phi) is 5.20. The number of aromatic nitrogens is 4. The number of nitrogens with zero attached hydrogens (tertiary/aromatic N) is 6. The highest BCUT2D eigenvalue weighted by Gasteiger charge is 2.33. The Morgan fingerprint density at radius 2 is 1.85 bits per heavy atom. The molecule has 9 heteroatoms. The van der Waals surface area contributed by atoms with Crippen LogP contribution in [0.3, 0.4) is 0 Å². The van der Waals surface area contributed by atoms with Crippen LogP contribution < -0.4 is 0 Å². The smallest absolute Gasteiger partial charge is 0.263 e. The van der Waals surface area contributed by atoms with Crippen LogP contribution in [0.1, 0.15) is 52.0 Å². The number of carbonyl (C=O) groups is 2. The predicted molar refractivity (Wildman–Crippen MR) is 101 cm³/mol. The van der Waals surface area contributed by atoms with Crippen molar-refractivity contribution < 1.29 is 9.59 Å². The Labute approximate surface area is 162 Å². The summed E-state index contributed by atoms with van der Waals surface area (Å²) < 4.78 is 1.77. The molecule has 0 N–H and O–H groups in total. The van der Waals surface area contributed by atoms with Gasteiger partial charge in [-0.2, -0.15) is 0 Å². The maximum absolute atomic E-state index is 13.2. The maximum Gasteiger partial charge on any atom is 0.263 e. The molecule has 8 nitrogen and oxygen atoms in total. The highest BCUT2D eigenvalue weighted by Crippen LogP contribution is 2.27. The Bertz CT molecular complexity index is 831. The Morgan fingerprint density at radius 1 is 1.04 bits per heavy atom. The van der Waals surface area contributed by atoms with Gasteiger partial charge in [0, 0.05) is 37.6 Å². The quantitative estimate of drug-likeness (QED) is 0.782. The number of tetrazole rings is 1. The van der Waals surface area contributed by atoms with Gasteiger partial charge in [-0.1, -0.05) is 6.42 Å². The molecule has 27 heavy (non-hydrogen) atoms. The lowest BCUT2D eigenvalue weighted by Gasteiger charge is -2.25. The number of hydrogen-bond donors (Lipinski definition) is 0. The summed E-state index contributed by atoms with van der Waals surface area (Å²) in [6, 6.07) is 3.86. The van der Waals surface area contributed by atoms with E-state index in [1.165, 1.54) is 11.3 Å². The zero-order valence-electron chi connectivity index (χ0n) is 15.5. The van der Waals surface area contributed by atoms with Crippen molar-refractivity contribution in [2.24, 2.45) is 0 Å². The Morgan fingerprint density at radius 3 is 2.67 bits per heavy atom. The first-order valence-corrected chi connectivity index (χ1v) is 10.4. The molecular weight excluding hydrogens is 364 g/mol. The van der Waals surface area contributed by atoms with E-state index in [0.717, 1.165) is 42.0 Å². The zero-order valence-corrected chi connectivity index (χ0v) is 16.3. The van der Waals surface area contributed by atoms with Crippen molar-refractivity contribution in [1.82, 2.24) is 30.0 Å². The zero-order chi connectivity index (χ0) is 18.8. The van der Waals surface area contributed by atoms with E-state index >= 15 is 0 Å². The summed E-state index contributed by atoms with van der Waals surface area (Å²) in [4.78, 5) is 31.6. The fourth-order valence-electron chi connectivity index (χ4n) is 3.86. The van der Waals surface area contributed by atoms with Gasteiger partial charge in [-0.25, -0.2) is 4.68 Å². The average Bonchev–Trinajstić information content (AvgIpc) is 3.16. The van der Waals surface area contributed by atoms with Crippen molar-refractivity contribution in [2.45, 2.75) is 45.1 Å². The number of hydrogen-bond acceptors (Lipinski definition) is 6. The number of rotatable bonds is 2. The standard InChI is InChI=1S/C18H24N6O2S/c1-13-6-7-15(27-13)18(26)23-9-4-8-22(11-12-23)17(25)14-5-2-3-10-24-16(14)19-20-21-24/h6-7,14H,2-5,8-12H2,1H3. The highest BCUT2D eigenvalue weighted by atomic mass is 32.1. The van der Waals surface area contributed by atoms with Crippen LogP contribution in [0.25, 0.3) is 0 Å². The van der Waals surface area contributed by atoms with Gasteiger partial charge in [0.2, 0.25) is 5.91 Å². The molecule has 1 unspecified atom stereocenters. The van der Waals surface area contributed by atoms with E-state index in [9.17, 15) is 9.59 Å². The van der Waals surface area contributed by atoms with Gasteiger partial charge >= 0.3 is 0 Å². The number of carbonyl (C=O) groups excluding carboxylic acids is 2. The lowest BCUT2D eigenvalue weighted by Crippen LogP contribution is -2.39. The third kappa shape index (κ3) is 3.73. The molecule has 0 radical (unpaired) electrons. The first kappa shape index (κ1) is 18.1. The molecular formula is C18H24N6O2S. The Balaban J connectivity index is 1.44. The van der Waals surface area contributed by atoms with Crippen LogP contribution in [0.5, 0.6) is 0 Å². The van der Waals surface area contributed by atoms with Crippen LogP contribution in [0.4, 0.5) is 0 Å². The molecule has 1 fully saturated rings. The van der Waals surface area contributed by atoms with E-state index in [4.69, 9.17) is 0 Å². The molecule has 2 aromatic heterocycles. The molecule has 144 valence electrons. The summed E-state index contributed by atoms with van der Waals surface area (Å²) >= 11 is 1.53. The summed E-state index contributed by atoms with van der Waals surface area (Å²) in [6.07, 6.45) is 3.55. The average molecular weight is 388 g/mol. The van der Waals surface area contributed by atoms with Crippen LogP contribution in [0.15, 0.2) is 12.1 Å². The fourth-order valence-corrected chi connectivity index (χ4v) is 4.70. The lowest BCUT2D eigenvalue weighted by molar-refractivity contribution is -0.133. The summed E-state index contributed by atoms with van der Waals surface area (Å²) in [7, 11) is 0. The summed E-state index contributed by atoms with van der Waals surface area (Å²) in [5.41, 5.74) is 0. The van der Waals surface area contributed by atoms with Crippen molar-refractivity contribution in [1.29, 1.82) is 0 Å². The van der Waals surface area contributed by atoms with Gasteiger partial charge in [0.05, 0.1) is 10.8 Å². The van der Waals surface area contributed by atoms with Gasteiger partial charge in [0.1, 0.15) is 0 Å². The summed E-state index contributed by atoms with van der Waals surface area (Å²) in [5.74, 6) is 0.573. The number of aryl methyl sites for hydroxylation is 2. The fraction of sp³-hybridized carbons (Fsp3) is 0.611. The van der Waals surface area contributed by atoms with Gasteiger partial charge in [-0.05, 0) is 48.7 Å². The van der Waals surface area contributed by atoms with Crippen LogP contribution in [-0.4, -0.2) is 68.0 Å². The summed E-state index contributed by atoms with van der Waals surface area (Å²) in [5, 5.41) is 11.9. The molecule has 2 amide bonds. The third-order valence-corrected chi connectivity index (χ3v) is 6.32. The molecule has 1 saturated heterocycles. The van der Waals surface area contributed by atoms with E-state index in [-0.39, 0.29) is 17.7 Å². The van der Waals surface area contributed by atoms with Crippen molar-refractivity contribution in [3.63, 3.8) is 0 Å². The van der Waals surface area contributed by atoms with Gasteiger partial charge in [-0.15, -0.1) is 16.4 Å². The van der Waals surface area contributed by atoms with Crippen LogP contribution >= 0.6 is 11.3 Å². The molecule has 0 spiro atoms. The minimum atomic E-state index is -0.273. The van der Waals surface area contributed by atoms with E-state index < -0.39 is 0 Å². The van der Waals surface area contributed by atoms with Crippen LogP contribution in [0.2, 0.25) is 0 Å². The molecule has 0 saturated carbocycles. The minimum absolute atomic E-state index is 0.0702. The highest BCUT2D eigenvalue weighted by molar-refractivity contribution is 7.13. The monoisotopic (exact) mass is 388 g/mol. The lowest BCUT2D eigenvalue weighted by atomic mass is 10.0. The Hall–Kier alpha value is -2.29. The van der Waals surface area contributed by atoms with Crippen LogP contribution in [-0.2, 0) is 11.3 Å². The van der Waals surface area contributed by atoms with E-state index in [0.29, 0.717) is 32.0 Å². The molecule has 1 atom stereocenters. The first-order chi connectivity index (χ1) is 13.1. The maximum atomic E-state index is 13.2. The van der Waals surface area contributed by atoms with Gasteiger partial charge in [0.25, 0.3) is 5.91 Å². The van der Waals surface area contributed by atoms with E-state index in [2.05, 4.69) is 15.5 Å². The number of thiophene rings is 1. The molecule has 2 aromatic rings. The molecule has 0 aliphatic carbocycles. The third-order valence-electron chi connectivity index (χ3n) is 5.33. The van der Waals surface area contributed by atoms with E-state index in [1.807, 2.05) is 28.9 Å². The molecule has 0 aromatic carbocycles. The van der Waals surface area contributed by atoms with Crippen molar-refractivity contribution >= 4 is 23.2 Å². The second kappa shape index (κ2) is 7.75. The molecule has 0 bridgehead atoms. The molecule has 2 aliphatic rings. The summed E-state index contributed by atoms with van der Waals surface area (Å²) in [6.45, 7) is 5.26. The normalized spacial score (nSPS) is 20.7. The van der Waals surface area contributed by atoms with Crippen LogP contribution in [0, 0.1) is 6.92 Å². The minimum Gasteiger partial charge on any atom is -0.340 e. The van der Waals surface area contributed by atoms with Gasteiger partial charge in [-0.3, -0.25) is 9.59 Å². The van der Waals surface area contributed by atoms with Crippen molar-refractivity contribution in [3.05, 3.63) is 27.7 Å². The largest absolute Gasteiger partial charge is 0.340 e.